The number of carbonyl (C=O) groups is 3. The molecule has 136 valence electrons. The van der Waals surface area contributed by atoms with E-state index in [1.807, 2.05) is 6.92 Å². The van der Waals surface area contributed by atoms with Crippen LogP contribution in [0.1, 0.15) is 52.9 Å². The van der Waals surface area contributed by atoms with E-state index in [0.717, 1.165) is 12.8 Å². The van der Waals surface area contributed by atoms with E-state index >= 15 is 0 Å². The number of hydrazine groups is 1. The Hall–Kier alpha value is -1.83. The summed E-state index contributed by atoms with van der Waals surface area (Å²) in [5.41, 5.74) is 4.88. The fraction of sp³-hybridized carbons (Fsp3) is 0.812. The molecule has 2 aliphatic heterocycles. The van der Waals surface area contributed by atoms with E-state index in [0.29, 0.717) is 32.4 Å². The molecule has 0 spiro atoms. The van der Waals surface area contributed by atoms with Gasteiger partial charge in [0, 0.05) is 12.5 Å². The molecule has 0 aromatic heterocycles. The van der Waals surface area contributed by atoms with Crippen molar-refractivity contribution in [2.24, 2.45) is 5.92 Å². The topological polar surface area (TPSA) is 91.0 Å². The summed E-state index contributed by atoms with van der Waals surface area (Å²) in [5.74, 6) is -0.748. The van der Waals surface area contributed by atoms with Gasteiger partial charge in [-0.25, -0.2) is 4.79 Å². The van der Waals surface area contributed by atoms with Gasteiger partial charge < -0.3 is 4.90 Å². The van der Waals surface area contributed by atoms with E-state index in [4.69, 9.17) is 4.84 Å². The molecule has 2 bridgehead atoms. The van der Waals surface area contributed by atoms with Crippen molar-refractivity contribution in [3.63, 3.8) is 0 Å². The first kappa shape index (κ1) is 18.5. The monoisotopic (exact) mass is 340 g/mol. The van der Waals surface area contributed by atoms with Crippen molar-refractivity contribution in [3.05, 3.63) is 0 Å². The molecule has 2 fully saturated rings. The van der Waals surface area contributed by atoms with E-state index in [2.05, 4.69) is 17.8 Å². The van der Waals surface area contributed by atoms with Gasteiger partial charge in [0.1, 0.15) is 6.04 Å². The number of amides is 4. The molecule has 0 radical (unpaired) electrons. The standard InChI is InChI=1S/C16H28N4O4/c1-4-6-9-24-20-12-7-8-13(19(10-12)16(20)23)15(22)18-17-14(21)11(3)5-2/h11-13H,4-10H2,1-3H3,(H,17,21)(H,18,22)/t11?,12-,13-/m0/s1. The lowest BCUT2D eigenvalue weighted by Crippen LogP contribution is -2.54. The highest BCUT2D eigenvalue weighted by atomic mass is 16.7. The fourth-order valence-corrected chi connectivity index (χ4v) is 2.89. The van der Waals surface area contributed by atoms with Crippen LogP contribution in [0, 0.1) is 5.92 Å². The first-order valence-electron chi connectivity index (χ1n) is 8.82. The number of rotatable bonds is 7. The van der Waals surface area contributed by atoms with Crippen molar-refractivity contribution in [3.8, 4) is 0 Å². The number of piperidine rings is 1. The zero-order chi connectivity index (χ0) is 17.7. The van der Waals surface area contributed by atoms with Crippen LogP contribution >= 0.6 is 0 Å². The number of hydrogen-bond acceptors (Lipinski definition) is 4. The molecule has 2 N–H and O–H groups in total. The lowest BCUT2D eigenvalue weighted by molar-refractivity contribution is -0.133. The first-order chi connectivity index (χ1) is 11.5. The van der Waals surface area contributed by atoms with Crippen LogP contribution in [0.5, 0.6) is 0 Å². The van der Waals surface area contributed by atoms with Crippen molar-refractivity contribution in [2.75, 3.05) is 13.2 Å². The van der Waals surface area contributed by atoms with Gasteiger partial charge in [0.05, 0.1) is 12.6 Å². The SMILES string of the molecule is CCCCON1C(=O)N2C[C@@H]1CC[C@H]2C(=O)NNC(=O)C(C)CC. The average molecular weight is 340 g/mol. The summed E-state index contributed by atoms with van der Waals surface area (Å²) < 4.78 is 0. The summed E-state index contributed by atoms with van der Waals surface area (Å²) in [5, 5.41) is 1.42. The summed E-state index contributed by atoms with van der Waals surface area (Å²) in [6, 6.07) is -0.819. The number of carbonyl (C=O) groups excluding carboxylic acids is 3. The minimum absolute atomic E-state index is 0.00751. The quantitative estimate of drug-likeness (QED) is 0.538. The Bertz CT molecular complexity index is 485. The van der Waals surface area contributed by atoms with Crippen LogP contribution in [0.2, 0.25) is 0 Å². The molecule has 0 aliphatic carbocycles. The molecule has 0 saturated carbocycles. The summed E-state index contributed by atoms with van der Waals surface area (Å²) >= 11 is 0. The van der Waals surface area contributed by atoms with Gasteiger partial charge in [0.25, 0.3) is 5.91 Å². The molecule has 2 heterocycles. The molecule has 4 amide bonds. The Morgan fingerprint density at radius 1 is 1.29 bits per heavy atom. The fourth-order valence-electron chi connectivity index (χ4n) is 2.89. The van der Waals surface area contributed by atoms with Gasteiger partial charge in [0.15, 0.2) is 0 Å². The normalized spacial score (nSPS) is 24.0. The highest BCUT2D eigenvalue weighted by molar-refractivity contribution is 5.90. The lowest BCUT2D eigenvalue weighted by Gasteiger charge is -2.29. The molecule has 0 aromatic rings. The highest BCUT2D eigenvalue weighted by Crippen LogP contribution is 2.30. The number of fused-ring (bicyclic) bond motifs is 2. The Balaban J connectivity index is 1.88. The van der Waals surface area contributed by atoms with Crippen LogP contribution in [0.15, 0.2) is 0 Å². The molecule has 8 heteroatoms. The molecule has 1 unspecified atom stereocenters. The summed E-state index contributed by atoms with van der Waals surface area (Å²) in [7, 11) is 0. The second-order valence-corrected chi connectivity index (χ2v) is 6.48. The number of nitrogens with one attached hydrogen (secondary N) is 2. The summed E-state index contributed by atoms with van der Waals surface area (Å²) in [6.07, 6.45) is 3.86. The number of unbranched alkanes of at least 4 members (excludes halogenated alkanes) is 1. The van der Waals surface area contributed by atoms with Crippen LogP contribution in [-0.4, -0.2) is 53.0 Å². The molecule has 24 heavy (non-hydrogen) atoms. The van der Waals surface area contributed by atoms with Gasteiger partial charge in [-0.2, -0.15) is 5.06 Å². The van der Waals surface area contributed by atoms with Crippen LogP contribution in [-0.2, 0) is 14.4 Å². The highest BCUT2D eigenvalue weighted by Gasteiger charge is 2.47. The zero-order valence-electron chi connectivity index (χ0n) is 14.7. The predicted molar refractivity (Wildman–Crippen MR) is 87.4 cm³/mol. The Kier molecular flexibility index (Phi) is 6.42. The molecule has 2 rings (SSSR count). The zero-order valence-corrected chi connectivity index (χ0v) is 14.7. The van der Waals surface area contributed by atoms with Gasteiger partial charge in [-0.15, -0.1) is 0 Å². The number of hydrogen-bond donors (Lipinski definition) is 2. The van der Waals surface area contributed by atoms with E-state index in [1.54, 1.807) is 6.92 Å². The molecule has 3 atom stereocenters. The average Bonchev–Trinajstić information content (AvgIpc) is 2.83. The van der Waals surface area contributed by atoms with Crippen LogP contribution in [0.4, 0.5) is 4.79 Å². The molecular formula is C16H28N4O4. The minimum atomic E-state index is -0.564. The lowest BCUT2D eigenvalue weighted by atomic mass is 10.0. The van der Waals surface area contributed by atoms with Crippen molar-refractivity contribution >= 4 is 17.8 Å². The largest absolute Gasteiger partial charge is 0.345 e. The van der Waals surface area contributed by atoms with E-state index < -0.39 is 6.04 Å². The second-order valence-electron chi connectivity index (χ2n) is 6.48. The maximum absolute atomic E-state index is 12.4. The molecule has 2 saturated heterocycles. The van der Waals surface area contributed by atoms with Crippen molar-refractivity contribution in [2.45, 2.75) is 65.0 Å². The van der Waals surface area contributed by atoms with Gasteiger partial charge in [0.2, 0.25) is 5.91 Å². The predicted octanol–water partition coefficient (Wildman–Crippen LogP) is 1.18. The van der Waals surface area contributed by atoms with E-state index in [9.17, 15) is 14.4 Å². The summed E-state index contributed by atoms with van der Waals surface area (Å²) in [6.45, 7) is 6.76. The maximum Gasteiger partial charge on any atom is 0.345 e. The second kappa shape index (κ2) is 8.32. The van der Waals surface area contributed by atoms with Crippen LogP contribution in [0.25, 0.3) is 0 Å². The number of hydroxylamine groups is 2. The third-order valence-electron chi connectivity index (χ3n) is 4.72. The Morgan fingerprint density at radius 2 is 2.04 bits per heavy atom. The smallest absolute Gasteiger partial charge is 0.309 e. The van der Waals surface area contributed by atoms with Gasteiger partial charge in [-0.3, -0.25) is 25.3 Å². The third-order valence-corrected chi connectivity index (χ3v) is 4.72. The molecular weight excluding hydrogens is 312 g/mol. The minimum Gasteiger partial charge on any atom is -0.309 e. The molecule has 0 aromatic carbocycles. The van der Waals surface area contributed by atoms with E-state index in [1.165, 1.54) is 9.96 Å². The van der Waals surface area contributed by atoms with Crippen LogP contribution in [0.3, 0.4) is 0 Å². The van der Waals surface area contributed by atoms with Crippen molar-refractivity contribution in [1.29, 1.82) is 0 Å². The van der Waals surface area contributed by atoms with Gasteiger partial charge in [-0.1, -0.05) is 27.2 Å². The Morgan fingerprint density at radius 3 is 2.71 bits per heavy atom. The number of urea groups is 1. The Labute approximate surface area is 142 Å². The van der Waals surface area contributed by atoms with Crippen LogP contribution < -0.4 is 10.9 Å². The molecule has 8 nitrogen and oxygen atoms in total. The van der Waals surface area contributed by atoms with Crippen molar-refractivity contribution < 1.29 is 19.2 Å². The molecule has 2 aliphatic rings. The maximum atomic E-state index is 12.4. The first-order valence-corrected chi connectivity index (χ1v) is 8.82. The van der Waals surface area contributed by atoms with Gasteiger partial charge in [-0.05, 0) is 25.7 Å². The number of nitrogens with zero attached hydrogens (tertiary/aromatic N) is 2. The van der Waals surface area contributed by atoms with E-state index in [-0.39, 0.29) is 29.8 Å². The third kappa shape index (κ3) is 3.98. The summed E-state index contributed by atoms with van der Waals surface area (Å²) in [4.78, 5) is 43.6. The van der Waals surface area contributed by atoms with Gasteiger partial charge >= 0.3 is 6.03 Å². The van der Waals surface area contributed by atoms with Crippen molar-refractivity contribution in [1.82, 2.24) is 20.8 Å².